The summed E-state index contributed by atoms with van der Waals surface area (Å²) in [6, 6.07) is 12.7. The number of carbonyl (C=O) groups is 1. The largest absolute Gasteiger partial charge is 0.496 e. The van der Waals surface area contributed by atoms with E-state index < -0.39 is 0 Å². The molecule has 0 unspecified atom stereocenters. The SMILES string of the molecule is CCOc1ccccc1C=NNC(=O)c1ccc(OC)c(I)c1. The molecule has 0 bridgehead atoms. The summed E-state index contributed by atoms with van der Waals surface area (Å²) in [6.45, 7) is 2.49. The Morgan fingerprint density at radius 1 is 1.26 bits per heavy atom. The maximum atomic E-state index is 12.1. The molecule has 1 N–H and O–H groups in total. The first-order valence-corrected chi connectivity index (χ1v) is 8.12. The highest BCUT2D eigenvalue weighted by molar-refractivity contribution is 14.1. The first-order chi connectivity index (χ1) is 11.2. The van der Waals surface area contributed by atoms with Crippen molar-refractivity contribution >= 4 is 34.7 Å². The molecule has 6 heteroatoms. The molecule has 2 aromatic rings. The third kappa shape index (κ3) is 4.69. The van der Waals surface area contributed by atoms with Crippen LogP contribution < -0.4 is 14.9 Å². The number of halogens is 1. The molecule has 1 amide bonds. The van der Waals surface area contributed by atoms with Gasteiger partial charge < -0.3 is 9.47 Å². The Morgan fingerprint density at radius 3 is 2.74 bits per heavy atom. The summed E-state index contributed by atoms with van der Waals surface area (Å²) in [5, 5.41) is 3.99. The van der Waals surface area contributed by atoms with Gasteiger partial charge in [0.1, 0.15) is 11.5 Å². The van der Waals surface area contributed by atoms with Crippen molar-refractivity contribution in [2.24, 2.45) is 5.10 Å². The molecule has 2 rings (SSSR count). The van der Waals surface area contributed by atoms with Crippen LogP contribution in [0.15, 0.2) is 47.6 Å². The predicted molar refractivity (Wildman–Crippen MR) is 98.4 cm³/mol. The zero-order valence-corrected chi connectivity index (χ0v) is 15.0. The van der Waals surface area contributed by atoms with Gasteiger partial charge in [-0.25, -0.2) is 5.43 Å². The highest BCUT2D eigenvalue weighted by Crippen LogP contribution is 2.21. The van der Waals surface area contributed by atoms with Crippen LogP contribution in [0.3, 0.4) is 0 Å². The number of nitrogens with one attached hydrogen (secondary N) is 1. The van der Waals surface area contributed by atoms with Crippen molar-refractivity contribution < 1.29 is 14.3 Å². The Bertz CT molecular complexity index is 717. The van der Waals surface area contributed by atoms with Gasteiger partial charge in [-0.15, -0.1) is 0 Å². The van der Waals surface area contributed by atoms with Gasteiger partial charge in [0.05, 0.1) is 23.5 Å². The van der Waals surface area contributed by atoms with E-state index in [1.54, 1.807) is 31.5 Å². The van der Waals surface area contributed by atoms with Gasteiger partial charge in [0.15, 0.2) is 0 Å². The number of nitrogens with zero attached hydrogens (tertiary/aromatic N) is 1. The molecular weight excluding hydrogens is 407 g/mol. The number of amides is 1. The first-order valence-electron chi connectivity index (χ1n) is 7.04. The Morgan fingerprint density at radius 2 is 2.04 bits per heavy atom. The second kappa shape index (κ2) is 8.52. The van der Waals surface area contributed by atoms with E-state index in [-0.39, 0.29) is 5.91 Å². The minimum Gasteiger partial charge on any atom is -0.496 e. The van der Waals surface area contributed by atoms with Gasteiger partial charge in [-0.3, -0.25) is 4.79 Å². The highest BCUT2D eigenvalue weighted by Gasteiger charge is 2.08. The maximum absolute atomic E-state index is 12.1. The number of rotatable bonds is 6. The van der Waals surface area contributed by atoms with Crippen molar-refractivity contribution in [1.82, 2.24) is 5.43 Å². The smallest absolute Gasteiger partial charge is 0.271 e. The van der Waals surface area contributed by atoms with E-state index in [0.29, 0.717) is 12.2 Å². The molecule has 0 saturated carbocycles. The van der Waals surface area contributed by atoms with Crippen molar-refractivity contribution in [2.75, 3.05) is 13.7 Å². The molecule has 0 fully saturated rings. The summed E-state index contributed by atoms with van der Waals surface area (Å²) in [6.07, 6.45) is 1.57. The Labute approximate surface area is 148 Å². The number of hydrogen-bond acceptors (Lipinski definition) is 4. The zero-order chi connectivity index (χ0) is 16.7. The lowest BCUT2D eigenvalue weighted by molar-refractivity contribution is 0.0955. The van der Waals surface area contributed by atoms with Crippen LogP contribution in [0.2, 0.25) is 0 Å². The van der Waals surface area contributed by atoms with Crippen LogP contribution in [0.25, 0.3) is 0 Å². The standard InChI is InChI=1S/C17H17IN2O3/c1-3-23-15-7-5-4-6-13(15)11-19-20-17(21)12-8-9-16(22-2)14(18)10-12/h4-11H,3H2,1-2H3,(H,20,21). The van der Waals surface area contributed by atoms with Gasteiger partial charge in [0.25, 0.3) is 5.91 Å². The van der Waals surface area contributed by atoms with E-state index >= 15 is 0 Å². The van der Waals surface area contributed by atoms with Crippen molar-refractivity contribution in [3.8, 4) is 11.5 Å². The summed E-state index contributed by atoms with van der Waals surface area (Å²) >= 11 is 2.12. The van der Waals surface area contributed by atoms with Crippen molar-refractivity contribution in [3.05, 3.63) is 57.2 Å². The number of benzene rings is 2. The molecule has 5 nitrogen and oxygen atoms in total. The van der Waals surface area contributed by atoms with Gasteiger partial charge >= 0.3 is 0 Å². The maximum Gasteiger partial charge on any atom is 0.271 e. The lowest BCUT2D eigenvalue weighted by atomic mass is 10.2. The van der Waals surface area contributed by atoms with E-state index in [1.807, 2.05) is 31.2 Å². The zero-order valence-electron chi connectivity index (χ0n) is 12.9. The number of para-hydroxylation sites is 1. The predicted octanol–water partition coefficient (Wildman–Crippen LogP) is 3.46. The average Bonchev–Trinajstić information content (AvgIpc) is 2.56. The lowest BCUT2D eigenvalue weighted by Gasteiger charge is -2.06. The minimum absolute atomic E-state index is 0.282. The molecule has 0 aromatic heterocycles. The van der Waals surface area contributed by atoms with E-state index in [2.05, 4.69) is 33.1 Å². The molecule has 0 saturated heterocycles. The van der Waals surface area contributed by atoms with Gasteiger partial charge in [-0.05, 0) is 59.8 Å². The Balaban J connectivity index is 2.05. The summed E-state index contributed by atoms with van der Waals surface area (Å²) in [4.78, 5) is 12.1. The van der Waals surface area contributed by atoms with Crippen LogP contribution in [-0.4, -0.2) is 25.8 Å². The van der Waals surface area contributed by atoms with Crippen molar-refractivity contribution in [3.63, 3.8) is 0 Å². The molecule has 0 radical (unpaired) electrons. The van der Waals surface area contributed by atoms with E-state index in [0.717, 1.165) is 20.6 Å². The molecule has 0 aliphatic carbocycles. The summed E-state index contributed by atoms with van der Waals surface area (Å²) in [7, 11) is 1.59. The second-order valence-electron chi connectivity index (χ2n) is 4.52. The first kappa shape index (κ1) is 17.3. The number of carbonyl (C=O) groups excluding carboxylic acids is 1. The van der Waals surface area contributed by atoms with Gasteiger partial charge in [-0.1, -0.05) is 12.1 Å². The van der Waals surface area contributed by atoms with E-state index in [9.17, 15) is 4.79 Å². The third-order valence-corrected chi connectivity index (χ3v) is 3.85. The summed E-state index contributed by atoms with van der Waals surface area (Å²) in [5.74, 6) is 1.18. The van der Waals surface area contributed by atoms with Gasteiger partial charge in [-0.2, -0.15) is 5.10 Å². The minimum atomic E-state index is -0.282. The number of hydrogen-bond donors (Lipinski definition) is 1. The molecule has 120 valence electrons. The van der Waals surface area contributed by atoms with Crippen LogP contribution >= 0.6 is 22.6 Å². The number of ether oxygens (including phenoxy) is 2. The molecule has 23 heavy (non-hydrogen) atoms. The van der Waals surface area contributed by atoms with Crippen molar-refractivity contribution in [1.29, 1.82) is 0 Å². The Hall–Kier alpha value is -2.09. The fourth-order valence-corrected chi connectivity index (χ4v) is 2.64. The van der Waals surface area contributed by atoms with Crippen LogP contribution in [0.1, 0.15) is 22.8 Å². The van der Waals surface area contributed by atoms with Crippen LogP contribution in [0, 0.1) is 3.57 Å². The lowest BCUT2D eigenvalue weighted by Crippen LogP contribution is -2.17. The Kier molecular flexibility index (Phi) is 6.40. The fraction of sp³-hybridized carbons (Fsp3) is 0.176. The van der Waals surface area contributed by atoms with E-state index in [1.165, 1.54) is 0 Å². The topological polar surface area (TPSA) is 59.9 Å². The van der Waals surface area contributed by atoms with E-state index in [4.69, 9.17) is 9.47 Å². The van der Waals surface area contributed by atoms with Crippen molar-refractivity contribution in [2.45, 2.75) is 6.92 Å². The van der Waals surface area contributed by atoms with Crippen LogP contribution in [0.4, 0.5) is 0 Å². The van der Waals surface area contributed by atoms with Gasteiger partial charge in [0.2, 0.25) is 0 Å². The van der Waals surface area contributed by atoms with Crippen LogP contribution in [-0.2, 0) is 0 Å². The van der Waals surface area contributed by atoms with Crippen LogP contribution in [0.5, 0.6) is 11.5 Å². The number of methoxy groups -OCH3 is 1. The summed E-state index contributed by atoms with van der Waals surface area (Å²) in [5.41, 5.74) is 3.84. The normalized spacial score (nSPS) is 10.6. The quantitative estimate of drug-likeness (QED) is 0.439. The molecule has 2 aromatic carbocycles. The molecule has 0 heterocycles. The third-order valence-electron chi connectivity index (χ3n) is 3.00. The fourth-order valence-electron chi connectivity index (χ4n) is 1.91. The molecule has 0 aliphatic rings. The summed E-state index contributed by atoms with van der Waals surface area (Å²) < 4.78 is 11.5. The number of hydrazone groups is 1. The molecule has 0 spiro atoms. The molecular formula is C17H17IN2O3. The molecule has 0 aliphatic heterocycles. The monoisotopic (exact) mass is 424 g/mol. The molecule has 0 atom stereocenters. The van der Waals surface area contributed by atoms with Gasteiger partial charge in [0, 0.05) is 11.1 Å². The second-order valence-corrected chi connectivity index (χ2v) is 5.68. The highest BCUT2D eigenvalue weighted by atomic mass is 127. The average molecular weight is 424 g/mol.